The lowest BCUT2D eigenvalue weighted by Gasteiger charge is -2.21. The van der Waals surface area contributed by atoms with Gasteiger partial charge in [0.15, 0.2) is 0 Å². The van der Waals surface area contributed by atoms with Gasteiger partial charge in [-0.1, -0.05) is 45.9 Å². The van der Waals surface area contributed by atoms with Gasteiger partial charge < -0.3 is 10.6 Å². The average molecular weight is 369 g/mol. The monoisotopic (exact) mass is 368 g/mol. The largest absolute Gasteiger partial charge is 0.324 e. The van der Waals surface area contributed by atoms with Crippen LogP contribution in [0.5, 0.6) is 0 Å². The first-order valence-corrected chi connectivity index (χ1v) is 9.86. The summed E-state index contributed by atoms with van der Waals surface area (Å²) in [6.45, 7) is 8.50. The molecule has 0 fully saturated rings. The van der Waals surface area contributed by atoms with Gasteiger partial charge in [-0.05, 0) is 41.2 Å². The third-order valence-electron chi connectivity index (χ3n) is 4.49. The Morgan fingerprint density at radius 2 is 1.73 bits per heavy atom. The molecule has 2 aromatic rings. The third-order valence-corrected chi connectivity index (χ3v) is 5.56. The van der Waals surface area contributed by atoms with Crippen molar-refractivity contribution in [2.75, 3.05) is 16.4 Å². The maximum Gasteiger partial charge on any atom is 0.255 e. The van der Waals surface area contributed by atoms with Crippen molar-refractivity contribution in [1.29, 1.82) is 0 Å². The van der Waals surface area contributed by atoms with Crippen molar-refractivity contribution in [3.63, 3.8) is 0 Å². The first kappa shape index (κ1) is 18.5. The Balaban J connectivity index is 1.93. The van der Waals surface area contributed by atoms with Crippen molar-refractivity contribution >= 4 is 35.0 Å². The molecule has 0 bridgehead atoms. The van der Waals surface area contributed by atoms with Crippen molar-refractivity contribution in [2.45, 2.75) is 44.4 Å². The van der Waals surface area contributed by atoms with Gasteiger partial charge in [-0.2, -0.15) is 0 Å². The van der Waals surface area contributed by atoms with E-state index in [0.29, 0.717) is 28.8 Å². The Labute approximate surface area is 158 Å². The van der Waals surface area contributed by atoms with E-state index in [-0.39, 0.29) is 11.8 Å². The second-order valence-corrected chi connectivity index (χ2v) is 8.14. The highest BCUT2D eigenvalue weighted by Crippen LogP contribution is 2.34. The van der Waals surface area contributed by atoms with Crippen LogP contribution in [-0.2, 0) is 4.79 Å². The molecule has 26 heavy (non-hydrogen) atoms. The molecule has 2 amide bonds. The number of anilines is 2. The highest BCUT2D eigenvalue weighted by Gasteiger charge is 2.20. The second-order valence-electron chi connectivity index (χ2n) is 7.12. The average Bonchev–Trinajstić information content (AvgIpc) is 2.60. The van der Waals surface area contributed by atoms with Crippen LogP contribution in [0.2, 0.25) is 0 Å². The van der Waals surface area contributed by atoms with E-state index in [1.165, 1.54) is 11.8 Å². The van der Waals surface area contributed by atoms with Crippen LogP contribution in [0.25, 0.3) is 0 Å². The number of hydrogen-bond donors (Lipinski definition) is 2. The topological polar surface area (TPSA) is 58.2 Å². The van der Waals surface area contributed by atoms with Crippen molar-refractivity contribution < 1.29 is 9.59 Å². The highest BCUT2D eigenvalue weighted by atomic mass is 32.2. The third kappa shape index (κ3) is 3.78. The fourth-order valence-electron chi connectivity index (χ4n) is 3.11. The van der Waals surface area contributed by atoms with Gasteiger partial charge in [0.1, 0.15) is 0 Å². The van der Waals surface area contributed by atoms with E-state index in [1.54, 1.807) is 6.07 Å². The fourth-order valence-corrected chi connectivity index (χ4v) is 3.89. The Morgan fingerprint density at radius 1 is 1.08 bits per heavy atom. The maximum atomic E-state index is 12.9. The molecule has 0 atom stereocenters. The Morgan fingerprint density at radius 3 is 2.35 bits per heavy atom. The number of carbonyl (C=O) groups excluding carboxylic acids is 2. The van der Waals surface area contributed by atoms with E-state index < -0.39 is 0 Å². The van der Waals surface area contributed by atoms with Crippen LogP contribution in [0.1, 0.15) is 61.0 Å². The lowest BCUT2D eigenvalue weighted by atomic mass is 9.92. The highest BCUT2D eigenvalue weighted by molar-refractivity contribution is 8.00. The molecule has 0 radical (unpaired) electrons. The van der Waals surface area contributed by atoms with E-state index in [0.717, 1.165) is 21.7 Å². The predicted molar refractivity (Wildman–Crippen MR) is 108 cm³/mol. The summed E-state index contributed by atoms with van der Waals surface area (Å²) in [5.41, 5.74) is 4.41. The smallest absolute Gasteiger partial charge is 0.255 e. The minimum absolute atomic E-state index is 0.0349. The van der Waals surface area contributed by atoms with Crippen LogP contribution in [0.15, 0.2) is 41.3 Å². The molecule has 5 heteroatoms. The summed E-state index contributed by atoms with van der Waals surface area (Å²) in [6.07, 6.45) is 0. The van der Waals surface area contributed by atoms with Gasteiger partial charge in [0.25, 0.3) is 5.91 Å². The van der Waals surface area contributed by atoms with E-state index in [4.69, 9.17) is 0 Å². The van der Waals surface area contributed by atoms with Crippen LogP contribution in [0.4, 0.5) is 11.4 Å². The molecule has 2 N–H and O–H groups in total. The molecule has 136 valence electrons. The molecule has 0 saturated carbocycles. The molecule has 1 aliphatic rings. The second kappa shape index (κ2) is 7.54. The quantitative estimate of drug-likeness (QED) is 0.777. The predicted octanol–water partition coefficient (Wildman–Crippen LogP) is 5.23. The first-order valence-electron chi connectivity index (χ1n) is 8.87. The van der Waals surface area contributed by atoms with Gasteiger partial charge in [-0.3, -0.25) is 9.59 Å². The van der Waals surface area contributed by atoms with Crippen LogP contribution in [-0.4, -0.2) is 17.6 Å². The molecule has 1 aliphatic heterocycles. The minimum atomic E-state index is -0.160. The molecule has 0 unspecified atom stereocenters. The van der Waals surface area contributed by atoms with Crippen LogP contribution in [0.3, 0.4) is 0 Å². The lowest BCUT2D eigenvalue weighted by molar-refractivity contribution is -0.113. The van der Waals surface area contributed by atoms with Crippen LogP contribution in [0, 0.1) is 0 Å². The molecular formula is C21H24N2O2S. The standard InChI is InChI=1S/C21H24N2O2S/c1-12(2)15-6-5-7-16(13(3)4)20(15)23-21(25)14-8-9-18-17(10-14)22-19(24)11-26-18/h5-10,12-13H,11H2,1-4H3,(H,22,24)(H,23,25). The number of carbonyl (C=O) groups is 2. The molecule has 2 aromatic carbocycles. The molecule has 3 rings (SSSR count). The normalized spacial score (nSPS) is 13.5. The van der Waals surface area contributed by atoms with E-state index >= 15 is 0 Å². The van der Waals surface area contributed by atoms with Crippen molar-refractivity contribution in [3.8, 4) is 0 Å². The zero-order valence-corrected chi connectivity index (χ0v) is 16.4. The van der Waals surface area contributed by atoms with E-state index in [1.807, 2.05) is 18.2 Å². The Hall–Kier alpha value is -2.27. The number of nitrogens with one attached hydrogen (secondary N) is 2. The summed E-state index contributed by atoms with van der Waals surface area (Å²) in [6, 6.07) is 11.6. The van der Waals surface area contributed by atoms with Crippen molar-refractivity contribution in [2.24, 2.45) is 0 Å². The molecule has 0 spiro atoms. The maximum absolute atomic E-state index is 12.9. The molecule has 0 aliphatic carbocycles. The van der Waals surface area contributed by atoms with Crippen molar-refractivity contribution in [3.05, 3.63) is 53.1 Å². The number of para-hydroxylation sites is 1. The first-order chi connectivity index (χ1) is 12.4. The molecule has 4 nitrogen and oxygen atoms in total. The number of thioether (sulfide) groups is 1. The summed E-state index contributed by atoms with van der Waals surface area (Å²) in [7, 11) is 0. The van der Waals surface area contributed by atoms with Crippen LogP contribution < -0.4 is 10.6 Å². The van der Waals surface area contributed by atoms with Crippen molar-refractivity contribution in [1.82, 2.24) is 0 Å². The fraction of sp³-hybridized carbons (Fsp3) is 0.333. The minimum Gasteiger partial charge on any atom is -0.324 e. The zero-order chi connectivity index (χ0) is 18.8. The van der Waals surface area contributed by atoms with E-state index in [9.17, 15) is 9.59 Å². The number of fused-ring (bicyclic) bond motifs is 1. The number of amides is 2. The van der Waals surface area contributed by atoms with Crippen LogP contribution >= 0.6 is 11.8 Å². The summed E-state index contributed by atoms with van der Waals surface area (Å²) >= 11 is 1.49. The van der Waals surface area contributed by atoms with E-state index in [2.05, 4.69) is 50.5 Å². The summed E-state index contributed by atoms with van der Waals surface area (Å²) in [5.74, 6) is 0.837. The van der Waals surface area contributed by atoms with Gasteiger partial charge in [-0.25, -0.2) is 0 Å². The lowest BCUT2D eigenvalue weighted by Crippen LogP contribution is -2.20. The van der Waals surface area contributed by atoms with Gasteiger partial charge in [0.2, 0.25) is 5.91 Å². The molecule has 0 saturated heterocycles. The zero-order valence-electron chi connectivity index (χ0n) is 15.6. The SMILES string of the molecule is CC(C)c1cccc(C(C)C)c1NC(=O)c1ccc2c(c1)NC(=O)CS2. The number of rotatable bonds is 4. The molecule has 0 aromatic heterocycles. The Bertz CT molecular complexity index is 833. The van der Waals surface area contributed by atoms with Gasteiger partial charge in [0, 0.05) is 16.1 Å². The number of hydrogen-bond acceptors (Lipinski definition) is 3. The summed E-state index contributed by atoms with van der Waals surface area (Å²) < 4.78 is 0. The summed E-state index contributed by atoms with van der Waals surface area (Å²) in [5, 5.41) is 5.96. The Kier molecular flexibility index (Phi) is 5.37. The molecular weight excluding hydrogens is 344 g/mol. The number of benzene rings is 2. The van der Waals surface area contributed by atoms with Gasteiger partial charge in [-0.15, -0.1) is 11.8 Å². The molecule has 1 heterocycles. The van der Waals surface area contributed by atoms with Gasteiger partial charge >= 0.3 is 0 Å². The summed E-state index contributed by atoms with van der Waals surface area (Å²) in [4.78, 5) is 25.5. The van der Waals surface area contributed by atoms with Gasteiger partial charge in [0.05, 0.1) is 11.4 Å².